The molecule has 2 aromatic rings. The lowest BCUT2D eigenvalue weighted by Gasteiger charge is -2.17. The van der Waals surface area contributed by atoms with E-state index in [4.69, 9.17) is 11.6 Å². The number of rotatable bonds is 3. The third-order valence-electron chi connectivity index (χ3n) is 3.64. The van der Waals surface area contributed by atoms with Gasteiger partial charge in [-0.1, -0.05) is 11.6 Å². The monoisotopic (exact) mass is 338 g/mol. The van der Waals surface area contributed by atoms with Gasteiger partial charge in [-0.3, -0.25) is 4.79 Å². The molecule has 8 heteroatoms. The summed E-state index contributed by atoms with van der Waals surface area (Å²) in [6.07, 6.45) is 3.89. The van der Waals surface area contributed by atoms with Crippen LogP contribution in [0.15, 0.2) is 30.6 Å². The number of likely N-dealkylation sites (tertiary alicyclic amines) is 1. The van der Waals surface area contributed by atoms with E-state index in [1.807, 2.05) is 0 Å². The summed E-state index contributed by atoms with van der Waals surface area (Å²) in [6, 6.07) is 4.04. The Labute approximate surface area is 136 Å². The Balaban J connectivity index is 1.69. The van der Waals surface area contributed by atoms with Gasteiger partial charge in [0.1, 0.15) is 0 Å². The standard InChI is InChI=1S/C15H13ClF2N4O/c16-11-3-2-10(12(17)13(11)18)14(23)22-7-4-9(8-22)21-15-19-5-1-6-20-15/h1-3,5-6,9H,4,7-8H2,(H,19,20,21). The summed E-state index contributed by atoms with van der Waals surface area (Å²) in [6.45, 7) is 0.799. The van der Waals surface area contributed by atoms with Crippen molar-refractivity contribution in [2.45, 2.75) is 12.5 Å². The molecule has 120 valence electrons. The lowest BCUT2D eigenvalue weighted by molar-refractivity contribution is 0.0786. The minimum absolute atomic E-state index is 0.0402. The number of carbonyl (C=O) groups excluding carboxylic acids is 1. The molecule has 1 aromatic carbocycles. The van der Waals surface area contributed by atoms with Crippen LogP contribution in [-0.2, 0) is 0 Å². The molecule has 1 fully saturated rings. The summed E-state index contributed by atoms with van der Waals surface area (Å²) >= 11 is 5.50. The van der Waals surface area contributed by atoms with Crippen LogP contribution < -0.4 is 5.32 Å². The fraction of sp³-hybridized carbons (Fsp3) is 0.267. The third kappa shape index (κ3) is 3.24. The number of hydrogen-bond donors (Lipinski definition) is 1. The van der Waals surface area contributed by atoms with Gasteiger partial charge in [0.2, 0.25) is 5.95 Å². The van der Waals surface area contributed by atoms with E-state index in [-0.39, 0.29) is 16.6 Å². The molecular weight excluding hydrogens is 326 g/mol. The Morgan fingerprint density at radius 2 is 2.00 bits per heavy atom. The van der Waals surface area contributed by atoms with E-state index in [2.05, 4.69) is 15.3 Å². The summed E-state index contributed by atoms with van der Waals surface area (Å²) in [7, 11) is 0. The fourth-order valence-corrected chi connectivity index (χ4v) is 2.63. The van der Waals surface area contributed by atoms with Crippen LogP contribution in [0.25, 0.3) is 0 Å². The maximum absolute atomic E-state index is 13.9. The number of halogens is 3. The van der Waals surface area contributed by atoms with Gasteiger partial charge in [0, 0.05) is 31.5 Å². The highest BCUT2D eigenvalue weighted by molar-refractivity contribution is 6.30. The van der Waals surface area contributed by atoms with Crippen molar-refractivity contribution in [3.05, 3.63) is 52.8 Å². The second-order valence-corrected chi connectivity index (χ2v) is 5.58. The van der Waals surface area contributed by atoms with Crippen LogP contribution in [0, 0.1) is 11.6 Å². The first-order valence-corrected chi connectivity index (χ1v) is 7.40. The second kappa shape index (κ2) is 6.45. The highest BCUT2D eigenvalue weighted by Crippen LogP contribution is 2.23. The van der Waals surface area contributed by atoms with Gasteiger partial charge < -0.3 is 10.2 Å². The van der Waals surface area contributed by atoms with E-state index in [1.54, 1.807) is 18.5 Å². The highest BCUT2D eigenvalue weighted by Gasteiger charge is 2.29. The maximum atomic E-state index is 13.9. The zero-order valence-corrected chi connectivity index (χ0v) is 12.7. The van der Waals surface area contributed by atoms with Crippen LogP contribution in [0.3, 0.4) is 0 Å². The average molecular weight is 339 g/mol. The van der Waals surface area contributed by atoms with Crippen LogP contribution in [0.4, 0.5) is 14.7 Å². The molecule has 1 amide bonds. The molecule has 0 spiro atoms. The van der Waals surface area contributed by atoms with Crippen LogP contribution in [0.1, 0.15) is 16.8 Å². The SMILES string of the molecule is O=C(c1ccc(Cl)c(F)c1F)N1CCC(Nc2ncccn2)C1. The number of aromatic nitrogens is 2. The summed E-state index contributed by atoms with van der Waals surface area (Å²) in [4.78, 5) is 21.9. The van der Waals surface area contributed by atoms with Crippen LogP contribution in [0.2, 0.25) is 5.02 Å². The van der Waals surface area contributed by atoms with Gasteiger partial charge in [-0.05, 0) is 24.6 Å². The Bertz CT molecular complexity index is 729. The Hall–Kier alpha value is -2.28. The van der Waals surface area contributed by atoms with Gasteiger partial charge in [0.25, 0.3) is 5.91 Å². The highest BCUT2D eigenvalue weighted by atomic mass is 35.5. The smallest absolute Gasteiger partial charge is 0.257 e. The molecule has 3 rings (SSSR count). The molecule has 1 saturated heterocycles. The van der Waals surface area contributed by atoms with Crippen molar-refractivity contribution in [1.29, 1.82) is 0 Å². The molecule has 1 aliphatic rings. The molecule has 23 heavy (non-hydrogen) atoms. The van der Waals surface area contributed by atoms with Crippen LogP contribution in [-0.4, -0.2) is 39.9 Å². The van der Waals surface area contributed by atoms with Crippen molar-refractivity contribution in [3.8, 4) is 0 Å². The van der Waals surface area contributed by atoms with Gasteiger partial charge in [-0.15, -0.1) is 0 Å². The molecule has 0 radical (unpaired) electrons. The molecule has 0 saturated carbocycles. The molecule has 0 bridgehead atoms. The maximum Gasteiger partial charge on any atom is 0.257 e. The number of carbonyl (C=O) groups is 1. The Morgan fingerprint density at radius 3 is 2.74 bits per heavy atom. The van der Waals surface area contributed by atoms with E-state index in [1.165, 1.54) is 17.0 Å². The van der Waals surface area contributed by atoms with Crippen LogP contribution >= 0.6 is 11.6 Å². The zero-order valence-electron chi connectivity index (χ0n) is 12.0. The van der Waals surface area contributed by atoms with E-state index in [9.17, 15) is 13.6 Å². The van der Waals surface area contributed by atoms with Gasteiger partial charge in [0.05, 0.1) is 10.6 Å². The Morgan fingerprint density at radius 1 is 1.26 bits per heavy atom. The number of nitrogens with one attached hydrogen (secondary N) is 1. The zero-order chi connectivity index (χ0) is 16.4. The van der Waals surface area contributed by atoms with Crippen molar-refractivity contribution < 1.29 is 13.6 Å². The number of nitrogens with zero attached hydrogens (tertiary/aromatic N) is 3. The third-order valence-corrected chi connectivity index (χ3v) is 3.93. The summed E-state index contributed by atoms with van der Waals surface area (Å²) in [5.41, 5.74) is -0.316. The second-order valence-electron chi connectivity index (χ2n) is 5.18. The van der Waals surface area contributed by atoms with Crippen molar-refractivity contribution in [1.82, 2.24) is 14.9 Å². The molecule has 5 nitrogen and oxygen atoms in total. The molecule has 1 unspecified atom stereocenters. The van der Waals surface area contributed by atoms with Crippen molar-refractivity contribution in [2.75, 3.05) is 18.4 Å². The number of amides is 1. The molecule has 1 aliphatic heterocycles. The Kier molecular flexibility index (Phi) is 4.38. The quantitative estimate of drug-likeness (QED) is 0.874. The summed E-state index contributed by atoms with van der Waals surface area (Å²) in [5.74, 6) is -2.51. The molecule has 1 N–H and O–H groups in total. The first-order valence-electron chi connectivity index (χ1n) is 7.02. The first-order chi connectivity index (χ1) is 11.1. The van der Waals surface area contributed by atoms with E-state index in [0.29, 0.717) is 25.5 Å². The number of benzene rings is 1. The predicted molar refractivity (Wildman–Crippen MR) is 81.3 cm³/mol. The van der Waals surface area contributed by atoms with E-state index >= 15 is 0 Å². The van der Waals surface area contributed by atoms with E-state index < -0.39 is 17.5 Å². The average Bonchev–Trinajstić information content (AvgIpc) is 3.02. The summed E-state index contributed by atoms with van der Waals surface area (Å²) < 4.78 is 27.4. The van der Waals surface area contributed by atoms with Crippen LogP contribution in [0.5, 0.6) is 0 Å². The van der Waals surface area contributed by atoms with Crippen molar-refractivity contribution in [3.63, 3.8) is 0 Å². The lowest BCUT2D eigenvalue weighted by Crippen LogP contribution is -2.32. The molecular formula is C15H13ClF2N4O. The molecule has 0 aliphatic carbocycles. The van der Waals surface area contributed by atoms with Gasteiger partial charge in [-0.25, -0.2) is 18.7 Å². The number of anilines is 1. The first kappa shape index (κ1) is 15.6. The van der Waals surface area contributed by atoms with Gasteiger partial charge in [0.15, 0.2) is 11.6 Å². The van der Waals surface area contributed by atoms with Crippen molar-refractivity contribution >= 4 is 23.5 Å². The van der Waals surface area contributed by atoms with Gasteiger partial charge >= 0.3 is 0 Å². The van der Waals surface area contributed by atoms with Gasteiger partial charge in [-0.2, -0.15) is 0 Å². The van der Waals surface area contributed by atoms with E-state index in [0.717, 1.165) is 0 Å². The fourth-order valence-electron chi connectivity index (χ4n) is 2.48. The minimum atomic E-state index is -1.22. The number of hydrogen-bond acceptors (Lipinski definition) is 4. The lowest BCUT2D eigenvalue weighted by atomic mass is 10.2. The minimum Gasteiger partial charge on any atom is -0.350 e. The molecule has 2 heterocycles. The topological polar surface area (TPSA) is 58.1 Å². The molecule has 1 aromatic heterocycles. The predicted octanol–water partition coefficient (Wildman–Crippen LogP) is 2.73. The normalized spacial score (nSPS) is 17.3. The summed E-state index contributed by atoms with van der Waals surface area (Å²) in [5, 5.41) is 2.76. The molecule has 1 atom stereocenters. The largest absolute Gasteiger partial charge is 0.350 e. The van der Waals surface area contributed by atoms with Crippen molar-refractivity contribution in [2.24, 2.45) is 0 Å².